The number of benzene rings is 1. The average Bonchev–Trinajstić information content (AvgIpc) is 3.27. The summed E-state index contributed by atoms with van der Waals surface area (Å²) in [5, 5.41) is 9.48. The van der Waals surface area contributed by atoms with Crippen LogP contribution in [0.25, 0.3) is 0 Å². The number of hydrogen-bond donors (Lipinski definition) is 1. The number of carbonyl (C=O) groups excluding carboxylic acids is 1. The van der Waals surface area contributed by atoms with Crippen molar-refractivity contribution >= 4 is 23.4 Å². The number of carbonyl (C=O) groups is 2. The molecule has 2 saturated heterocycles. The zero-order valence-electron chi connectivity index (χ0n) is 23.6. The molecule has 228 valence electrons. The number of unbranched alkanes of at least 4 members (excludes halogenated alkanes) is 1. The Morgan fingerprint density at radius 3 is 2.44 bits per heavy atom. The molecule has 1 N–H and O–H groups in total. The molecule has 6 unspecified atom stereocenters. The van der Waals surface area contributed by atoms with Crippen LogP contribution in [0, 0.1) is 5.92 Å². The van der Waals surface area contributed by atoms with Gasteiger partial charge in [-0.05, 0) is 82.1 Å². The van der Waals surface area contributed by atoms with Crippen molar-refractivity contribution in [2.24, 2.45) is 5.92 Å². The van der Waals surface area contributed by atoms with Crippen LogP contribution in [0.2, 0.25) is 5.02 Å². The van der Waals surface area contributed by atoms with Crippen LogP contribution >= 0.6 is 11.6 Å². The Labute approximate surface area is 247 Å². The topological polar surface area (TPSA) is 110 Å². The quantitative estimate of drug-likeness (QED) is 0.190. The van der Waals surface area contributed by atoms with Crippen LogP contribution in [0.5, 0.6) is 5.75 Å². The summed E-state index contributed by atoms with van der Waals surface area (Å²) in [5.74, 6) is -0.414. The van der Waals surface area contributed by atoms with Crippen molar-refractivity contribution in [3.63, 3.8) is 0 Å². The lowest BCUT2D eigenvalue weighted by Gasteiger charge is -2.32. The van der Waals surface area contributed by atoms with Gasteiger partial charge in [0.25, 0.3) is 0 Å². The average molecular weight is 595 g/mol. The summed E-state index contributed by atoms with van der Waals surface area (Å²) in [6.07, 6.45) is 9.70. The van der Waals surface area contributed by atoms with Crippen molar-refractivity contribution in [2.45, 2.75) is 102 Å². The minimum atomic E-state index is -0.807. The second-order valence-corrected chi connectivity index (χ2v) is 11.3. The fourth-order valence-electron chi connectivity index (χ4n) is 5.37. The third kappa shape index (κ3) is 11.0. The second-order valence-electron chi connectivity index (χ2n) is 10.9. The van der Waals surface area contributed by atoms with Gasteiger partial charge in [-0.2, -0.15) is 0 Å². The molecular formula is C31H43ClO9. The van der Waals surface area contributed by atoms with Crippen molar-refractivity contribution in [2.75, 3.05) is 26.4 Å². The van der Waals surface area contributed by atoms with E-state index in [9.17, 15) is 9.59 Å². The van der Waals surface area contributed by atoms with Crippen LogP contribution in [0.15, 0.2) is 36.4 Å². The van der Waals surface area contributed by atoms with Gasteiger partial charge < -0.3 is 33.5 Å². The number of rotatable bonds is 16. The highest BCUT2D eigenvalue weighted by molar-refractivity contribution is 6.30. The van der Waals surface area contributed by atoms with Crippen LogP contribution in [-0.4, -0.2) is 74.2 Å². The lowest BCUT2D eigenvalue weighted by molar-refractivity contribution is -0.226. The first-order valence-corrected chi connectivity index (χ1v) is 15.3. The standard InChI is InChI=1S/C31H43ClO9/c32-22-13-15-23(16-14-22)38-20-24(40-29-11-5-7-17-36-29)21-39-31-25(9-3-1-2-4-10-28(34)35)26(33)19-27(31)41-30-12-6-8-18-37-30/h1,3,13-16,24-25,27,29-31H,2,4-12,17-21H2,(H,34,35). The molecule has 41 heavy (non-hydrogen) atoms. The molecule has 6 atom stereocenters. The maximum atomic E-state index is 13.1. The van der Waals surface area contributed by atoms with Gasteiger partial charge in [0.1, 0.15) is 24.2 Å². The molecule has 0 aromatic heterocycles. The van der Waals surface area contributed by atoms with Gasteiger partial charge in [0.15, 0.2) is 12.6 Å². The molecule has 9 nitrogen and oxygen atoms in total. The summed E-state index contributed by atoms with van der Waals surface area (Å²) in [5.41, 5.74) is 0. The molecule has 2 aliphatic heterocycles. The van der Waals surface area contributed by atoms with E-state index >= 15 is 0 Å². The predicted octanol–water partition coefficient (Wildman–Crippen LogP) is 5.72. The van der Waals surface area contributed by atoms with E-state index in [0.717, 1.165) is 38.5 Å². The molecule has 10 heteroatoms. The number of carboxylic acids is 1. The number of ketones is 1. The van der Waals surface area contributed by atoms with Crippen LogP contribution in [-0.2, 0) is 33.3 Å². The number of hydrogen-bond acceptors (Lipinski definition) is 8. The van der Waals surface area contributed by atoms with Crippen LogP contribution < -0.4 is 4.74 Å². The highest BCUT2D eigenvalue weighted by Crippen LogP contribution is 2.33. The van der Waals surface area contributed by atoms with Gasteiger partial charge in [-0.1, -0.05) is 23.8 Å². The monoisotopic (exact) mass is 594 g/mol. The Bertz CT molecular complexity index is 957. The van der Waals surface area contributed by atoms with E-state index < -0.39 is 24.3 Å². The molecule has 0 amide bonds. The maximum absolute atomic E-state index is 13.1. The van der Waals surface area contributed by atoms with Crippen molar-refractivity contribution in [1.29, 1.82) is 0 Å². The van der Waals surface area contributed by atoms with Gasteiger partial charge in [0.2, 0.25) is 0 Å². The number of Topliss-reactive ketones (excluding diaryl/α,β-unsaturated/α-hetero) is 1. The highest BCUT2D eigenvalue weighted by Gasteiger charge is 2.45. The fourth-order valence-corrected chi connectivity index (χ4v) is 5.49. The lowest BCUT2D eigenvalue weighted by atomic mass is 9.99. The van der Waals surface area contributed by atoms with Crippen LogP contribution in [0.1, 0.15) is 70.6 Å². The molecule has 3 aliphatic rings. The molecule has 0 radical (unpaired) electrons. The Morgan fingerprint density at radius 1 is 1.02 bits per heavy atom. The van der Waals surface area contributed by atoms with Crippen LogP contribution in [0.4, 0.5) is 0 Å². The van der Waals surface area contributed by atoms with E-state index in [4.69, 9.17) is 45.1 Å². The number of halogens is 1. The molecule has 0 bridgehead atoms. The molecule has 1 aromatic rings. The SMILES string of the molecule is O=C(O)CCCC=CCC1C(=O)CC(OC2CCCCO2)C1OCC(COc1ccc(Cl)cc1)OC1CCCCO1. The normalized spacial score (nSPS) is 27.7. The van der Waals surface area contributed by atoms with E-state index in [0.29, 0.717) is 43.2 Å². The number of ether oxygens (including phenoxy) is 6. The third-order valence-electron chi connectivity index (χ3n) is 7.57. The number of carboxylic acid groups (broad SMARTS) is 1. The van der Waals surface area contributed by atoms with Gasteiger partial charge in [-0.3, -0.25) is 9.59 Å². The van der Waals surface area contributed by atoms with Gasteiger partial charge in [0.05, 0.1) is 24.7 Å². The summed E-state index contributed by atoms with van der Waals surface area (Å²) in [7, 11) is 0. The number of aliphatic carboxylic acids is 1. The third-order valence-corrected chi connectivity index (χ3v) is 7.82. The summed E-state index contributed by atoms with van der Waals surface area (Å²) in [4.78, 5) is 23.9. The highest BCUT2D eigenvalue weighted by atomic mass is 35.5. The molecule has 2 heterocycles. The Balaban J connectivity index is 1.40. The first-order valence-electron chi connectivity index (χ1n) is 14.9. The predicted molar refractivity (Wildman–Crippen MR) is 152 cm³/mol. The lowest BCUT2D eigenvalue weighted by Crippen LogP contribution is -2.40. The molecule has 1 saturated carbocycles. The molecular weight excluding hydrogens is 552 g/mol. The molecule has 1 aromatic carbocycles. The van der Waals surface area contributed by atoms with Crippen molar-refractivity contribution < 1.29 is 43.1 Å². The fraction of sp³-hybridized carbons (Fsp3) is 0.677. The Morgan fingerprint density at radius 2 is 1.76 bits per heavy atom. The van der Waals surface area contributed by atoms with E-state index in [2.05, 4.69) is 0 Å². The minimum absolute atomic E-state index is 0.0940. The largest absolute Gasteiger partial charge is 0.491 e. The van der Waals surface area contributed by atoms with E-state index in [1.54, 1.807) is 24.3 Å². The van der Waals surface area contributed by atoms with Gasteiger partial charge in [0, 0.05) is 31.1 Å². The maximum Gasteiger partial charge on any atom is 0.303 e. The second kappa shape index (κ2) is 17.2. The van der Waals surface area contributed by atoms with E-state index in [1.807, 2.05) is 12.2 Å². The zero-order chi connectivity index (χ0) is 28.9. The Kier molecular flexibility index (Phi) is 13.4. The molecule has 0 spiro atoms. The summed E-state index contributed by atoms with van der Waals surface area (Å²) in [6.45, 7) is 1.76. The van der Waals surface area contributed by atoms with Gasteiger partial charge >= 0.3 is 5.97 Å². The van der Waals surface area contributed by atoms with Crippen LogP contribution in [0.3, 0.4) is 0 Å². The summed E-state index contributed by atoms with van der Waals surface area (Å²) < 4.78 is 36.7. The van der Waals surface area contributed by atoms with Crippen molar-refractivity contribution in [3.8, 4) is 5.75 Å². The van der Waals surface area contributed by atoms with Gasteiger partial charge in [-0.15, -0.1) is 0 Å². The molecule has 3 fully saturated rings. The minimum Gasteiger partial charge on any atom is -0.491 e. The van der Waals surface area contributed by atoms with Crippen molar-refractivity contribution in [3.05, 3.63) is 41.4 Å². The summed E-state index contributed by atoms with van der Waals surface area (Å²) >= 11 is 6.01. The summed E-state index contributed by atoms with van der Waals surface area (Å²) in [6, 6.07) is 7.15. The first kappa shape index (κ1) is 31.9. The van der Waals surface area contributed by atoms with Gasteiger partial charge in [-0.25, -0.2) is 0 Å². The van der Waals surface area contributed by atoms with Crippen molar-refractivity contribution in [1.82, 2.24) is 0 Å². The molecule has 4 rings (SSSR count). The molecule has 1 aliphatic carbocycles. The number of allylic oxidation sites excluding steroid dienone is 2. The van der Waals surface area contributed by atoms with E-state index in [-0.39, 0.29) is 50.3 Å². The van der Waals surface area contributed by atoms with E-state index in [1.165, 1.54) is 0 Å². The first-order chi connectivity index (χ1) is 20.0. The zero-order valence-corrected chi connectivity index (χ0v) is 24.4. The smallest absolute Gasteiger partial charge is 0.303 e. The Hall–Kier alpha value is -2.01.